The summed E-state index contributed by atoms with van der Waals surface area (Å²) < 4.78 is 28.5. The summed E-state index contributed by atoms with van der Waals surface area (Å²) in [5, 5.41) is 9.55. The molecule has 0 radical (unpaired) electrons. The van der Waals surface area contributed by atoms with Crippen molar-refractivity contribution in [1.82, 2.24) is 4.90 Å². The molecule has 1 N–H and O–H groups in total. The van der Waals surface area contributed by atoms with Crippen LogP contribution in [0.25, 0.3) is 0 Å². The van der Waals surface area contributed by atoms with E-state index in [0.29, 0.717) is 0 Å². The molecule has 8 heteroatoms. The van der Waals surface area contributed by atoms with Crippen LogP contribution in [0.3, 0.4) is 0 Å². The van der Waals surface area contributed by atoms with E-state index < -0.39 is 19.6 Å². The molecule has 0 aliphatic rings. The van der Waals surface area contributed by atoms with Gasteiger partial charge in [0.25, 0.3) is 0 Å². The largest absolute Gasteiger partial charge is 0.480 e. The first-order chi connectivity index (χ1) is 10.3. The fourth-order valence-corrected chi connectivity index (χ4v) is 4.04. The monoisotopic (exact) mass is 333 g/mol. The molecule has 0 aliphatic heterocycles. The Kier molecular flexibility index (Phi) is 7.29. The van der Waals surface area contributed by atoms with Gasteiger partial charge < -0.3 is 18.6 Å². The van der Waals surface area contributed by atoms with Gasteiger partial charge in [-0.2, -0.15) is 0 Å². The van der Waals surface area contributed by atoms with Gasteiger partial charge in [-0.15, -0.1) is 0 Å². The van der Waals surface area contributed by atoms with Gasteiger partial charge in [0, 0.05) is 6.04 Å². The normalized spacial score (nSPS) is 13.7. The van der Waals surface area contributed by atoms with Crippen LogP contribution in [-0.4, -0.2) is 41.5 Å². The third kappa shape index (κ3) is 4.95. The van der Waals surface area contributed by atoms with Crippen LogP contribution < -0.4 is 0 Å². The Morgan fingerprint density at radius 2 is 1.95 bits per heavy atom. The number of carboxylic acids is 1. The van der Waals surface area contributed by atoms with Crippen molar-refractivity contribution in [3.05, 3.63) is 24.2 Å². The molecule has 126 valence electrons. The van der Waals surface area contributed by atoms with Crippen molar-refractivity contribution < 1.29 is 27.9 Å². The number of nitrogens with zero attached hydrogens (tertiary/aromatic N) is 1. The van der Waals surface area contributed by atoms with Crippen molar-refractivity contribution in [2.45, 2.75) is 39.8 Å². The van der Waals surface area contributed by atoms with E-state index in [1.54, 1.807) is 30.9 Å². The number of furan rings is 1. The summed E-state index contributed by atoms with van der Waals surface area (Å²) in [7, 11) is -3.40. The Balaban J connectivity index is 3.10. The molecular formula is C14H24NO6P. The lowest BCUT2D eigenvalue weighted by atomic mass is 10.1. The van der Waals surface area contributed by atoms with E-state index in [-0.39, 0.29) is 31.3 Å². The van der Waals surface area contributed by atoms with Crippen LogP contribution >= 0.6 is 7.60 Å². The molecule has 1 aromatic rings. The highest BCUT2D eigenvalue weighted by Crippen LogP contribution is 2.50. The van der Waals surface area contributed by atoms with Gasteiger partial charge in [0.2, 0.25) is 0 Å². The Hall–Kier alpha value is -1.14. The van der Waals surface area contributed by atoms with E-state index >= 15 is 0 Å². The van der Waals surface area contributed by atoms with Crippen molar-refractivity contribution in [1.29, 1.82) is 0 Å². The predicted octanol–water partition coefficient (Wildman–Crippen LogP) is 3.34. The number of carboxylic acid groups (broad SMARTS) is 1. The molecule has 0 fully saturated rings. The number of rotatable bonds is 10. The van der Waals surface area contributed by atoms with Gasteiger partial charge in [-0.1, -0.05) is 0 Å². The van der Waals surface area contributed by atoms with E-state index in [9.17, 15) is 14.5 Å². The smallest absolute Gasteiger partial charge is 0.344 e. The lowest BCUT2D eigenvalue weighted by molar-refractivity contribution is -0.144. The zero-order valence-corrected chi connectivity index (χ0v) is 14.3. The molecule has 7 nitrogen and oxygen atoms in total. The fraction of sp³-hybridized carbons (Fsp3) is 0.643. The summed E-state index contributed by atoms with van der Waals surface area (Å²) in [5.41, 5.74) is 0. The molecule has 0 spiro atoms. The van der Waals surface area contributed by atoms with E-state index in [1.165, 1.54) is 6.26 Å². The zero-order valence-electron chi connectivity index (χ0n) is 13.4. The summed E-state index contributed by atoms with van der Waals surface area (Å²) in [4.78, 5) is 13.2. The molecular weight excluding hydrogens is 309 g/mol. The summed E-state index contributed by atoms with van der Waals surface area (Å²) in [6.45, 7) is 7.52. The maximum atomic E-state index is 12.7. The first-order valence-electron chi connectivity index (χ1n) is 7.24. The maximum Gasteiger partial charge on any atom is 0.344 e. The summed E-state index contributed by atoms with van der Waals surface area (Å²) in [6, 6.07) is 1.96. The molecule has 0 aliphatic carbocycles. The SMILES string of the molecule is CCOP(=O)(CN(C(C)C)C(C(=O)O)c1ccco1)OCC. The first-order valence-corrected chi connectivity index (χ1v) is 8.97. The number of carbonyl (C=O) groups is 1. The highest BCUT2D eigenvalue weighted by Gasteiger charge is 2.37. The average Bonchev–Trinajstić information content (AvgIpc) is 2.91. The average molecular weight is 333 g/mol. The van der Waals surface area contributed by atoms with Gasteiger partial charge in [-0.05, 0) is 39.8 Å². The minimum absolute atomic E-state index is 0.121. The molecule has 0 amide bonds. The molecule has 0 aromatic carbocycles. The van der Waals surface area contributed by atoms with Gasteiger partial charge in [-0.3, -0.25) is 14.3 Å². The van der Waals surface area contributed by atoms with E-state index in [4.69, 9.17) is 13.5 Å². The summed E-state index contributed by atoms with van der Waals surface area (Å²) in [5.74, 6) is -0.802. The molecule has 0 saturated heterocycles. The lowest BCUT2D eigenvalue weighted by Crippen LogP contribution is -2.40. The minimum Gasteiger partial charge on any atom is -0.480 e. The first kappa shape index (κ1) is 18.9. The Morgan fingerprint density at radius 3 is 2.32 bits per heavy atom. The zero-order chi connectivity index (χ0) is 16.8. The van der Waals surface area contributed by atoms with Crippen molar-refractivity contribution >= 4 is 13.6 Å². The molecule has 1 rings (SSSR count). The third-order valence-electron chi connectivity index (χ3n) is 3.03. The van der Waals surface area contributed by atoms with Gasteiger partial charge in [0.1, 0.15) is 12.0 Å². The van der Waals surface area contributed by atoms with Gasteiger partial charge in [-0.25, -0.2) is 0 Å². The van der Waals surface area contributed by atoms with Crippen LogP contribution in [-0.2, 0) is 18.4 Å². The highest BCUT2D eigenvalue weighted by atomic mass is 31.2. The fourth-order valence-electron chi connectivity index (χ4n) is 2.13. The maximum absolute atomic E-state index is 12.7. The second-order valence-electron chi connectivity index (χ2n) is 4.95. The predicted molar refractivity (Wildman–Crippen MR) is 81.8 cm³/mol. The lowest BCUT2D eigenvalue weighted by Gasteiger charge is -2.33. The van der Waals surface area contributed by atoms with Crippen LogP contribution in [0.2, 0.25) is 0 Å². The van der Waals surface area contributed by atoms with Gasteiger partial charge in [0.05, 0.1) is 19.5 Å². The highest BCUT2D eigenvalue weighted by molar-refractivity contribution is 7.53. The second kappa shape index (κ2) is 8.48. The standard InChI is InChI=1S/C14H24NO6P/c1-5-20-22(18,21-6-2)10-15(11(3)4)13(14(16)17)12-8-7-9-19-12/h7-9,11,13H,5-6,10H2,1-4H3,(H,16,17). The van der Waals surface area contributed by atoms with E-state index in [2.05, 4.69) is 0 Å². The number of hydrogen-bond acceptors (Lipinski definition) is 6. The minimum atomic E-state index is -3.40. The quantitative estimate of drug-likeness (QED) is 0.657. The Morgan fingerprint density at radius 1 is 1.36 bits per heavy atom. The van der Waals surface area contributed by atoms with Crippen LogP contribution in [0.4, 0.5) is 0 Å². The van der Waals surface area contributed by atoms with Gasteiger partial charge in [0.15, 0.2) is 6.04 Å². The van der Waals surface area contributed by atoms with Crippen molar-refractivity contribution in [3.63, 3.8) is 0 Å². The Bertz CT molecular complexity index is 491. The summed E-state index contributed by atoms with van der Waals surface area (Å²) >= 11 is 0. The molecule has 1 aromatic heterocycles. The molecule has 0 bridgehead atoms. The molecule has 22 heavy (non-hydrogen) atoms. The summed E-state index contributed by atoms with van der Waals surface area (Å²) in [6.07, 6.45) is 1.29. The van der Waals surface area contributed by atoms with Crippen LogP contribution in [0.5, 0.6) is 0 Å². The Labute approximate surface area is 130 Å². The number of aliphatic carboxylic acids is 1. The van der Waals surface area contributed by atoms with Crippen molar-refractivity contribution in [3.8, 4) is 0 Å². The molecule has 1 heterocycles. The molecule has 0 saturated carbocycles. The van der Waals surface area contributed by atoms with Crippen LogP contribution in [0.15, 0.2) is 22.8 Å². The number of hydrogen-bond donors (Lipinski definition) is 1. The van der Waals surface area contributed by atoms with Crippen LogP contribution in [0, 0.1) is 0 Å². The second-order valence-corrected chi connectivity index (χ2v) is 6.97. The van der Waals surface area contributed by atoms with E-state index in [0.717, 1.165) is 0 Å². The van der Waals surface area contributed by atoms with Crippen molar-refractivity contribution in [2.75, 3.05) is 19.5 Å². The van der Waals surface area contributed by atoms with Crippen LogP contribution in [0.1, 0.15) is 39.5 Å². The van der Waals surface area contributed by atoms with Crippen molar-refractivity contribution in [2.24, 2.45) is 0 Å². The molecule has 1 unspecified atom stereocenters. The third-order valence-corrected chi connectivity index (χ3v) is 5.01. The van der Waals surface area contributed by atoms with E-state index in [1.807, 2.05) is 13.8 Å². The topological polar surface area (TPSA) is 89.2 Å². The van der Waals surface area contributed by atoms with Gasteiger partial charge >= 0.3 is 13.6 Å². The molecule has 1 atom stereocenters.